The highest BCUT2D eigenvalue weighted by atomic mass is 15.3. The van der Waals surface area contributed by atoms with Crippen LogP contribution in [0.2, 0.25) is 0 Å². The molecule has 4 rings (SSSR count). The molecule has 0 radical (unpaired) electrons. The Morgan fingerprint density at radius 3 is 2.86 bits per heavy atom. The highest BCUT2D eigenvalue weighted by molar-refractivity contribution is 5.88. The van der Waals surface area contributed by atoms with Crippen LogP contribution in [0.25, 0.3) is 11.0 Å². The second-order valence-corrected chi connectivity index (χ2v) is 5.60. The summed E-state index contributed by atoms with van der Waals surface area (Å²) in [7, 11) is 1.88. The van der Waals surface area contributed by atoms with Gasteiger partial charge in [-0.1, -0.05) is 6.07 Å². The van der Waals surface area contributed by atoms with E-state index in [4.69, 9.17) is 0 Å². The normalized spacial score (nSPS) is 14.7. The van der Waals surface area contributed by atoms with Crippen LogP contribution in [0.3, 0.4) is 0 Å². The molecule has 0 bridgehead atoms. The Balaban J connectivity index is 1.66. The number of aryl methyl sites for hydroxylation is 1. The molecule has 1 saturated heterocycles. The quantitative estimate of drug-likeness (QED) is 0.805. The predicted octanol–water partition coefficient (Wildman–Crippen LogP) is 2.71. The molecule has 0 amide bonds. The number of anilines is 3. The lowest BCUT2D eigenvalue weighted by atomic mass is 10.2. The zero-order chi connectivity index (χ0) is 14.9. The highest BCUT2D eigenvalue weighted by Crippen LogP contribution is 2.27. The summed E-state index contributed by atoms with van der Waals surface area (Å²) in [6.45, 7) is 2.29. The van der Waals surface area contributed by atoms with Gasteiger partial charge in [-0.25, -0.2) is 9.97 Å². The SMILES string of the molecule is Cn1ncc2c(Nc3cccc(N4CCCC4)c3)ncnc21. The zero-order valence-corrected chi connectivity index (χ0v) is 12.5. The number of aromatic nitrogens is 4. The van der Waals surface area contributed by atoms with Gasteiger partial charge in [0.2, 0.25) is 0 Å². The van der Waals surface area contributed by atoms with Crippen molar-refractivity contribution in [1.29, 1.82) is 0 Å². The van der Waals surface area contributed by atoms with E-state index in [2.05, 4.69) is 49.5 Å². The molecule has 112 valence electrons. The number of benzene rings is 1. The summed E-state index contributed by atoms with van der Waals surface area (Å²) in [4.78, 5) is 11.0. The van der Waals surface area contributed by atoms with E-state index in [0.717, 1.165) is 35.6 Å². The average molecular weight is 294 g/mol. The third-order valence-corrected chi connectivity index (χ3v) is 4.11. The van der Waals surface area contributed by atoms with Crippen molar-refractivity contribution < 1.29 is 0 Å². The smallest absolute Gasteiger partial charge is 0.163 e. The van der Waals surface area contributed by atoms with Crippen molar-refractivity contribution in [3.63, 3.8) is 0 Å². The van der Waals surface area contributed by atoms with Gasteiger partial charge >= 0.3 is 0 Å². The molecule has 3 heterocycles. The lowest BCUT2D eigenvalue weighted by Crippen LogP contribution is -2.17. The molecule has 3 aromatic rings. The van der Waals surface area contributed by atoms with E-state index < -0.39 is 0 Å². The molecule has 0 atom stereocenters. The average Bonchev–Trinajstić information content (AvgIpc) is 3.19. The van der Waals surface area contributed by atoms with E-state index in [0.29, 0.717) is 0 Å². The van der Waals surface area contributed by atoms with Crippen LogP contribution in [-0.2, 0) is 7.05 Å². The third kappa shape index (κ3) is 2.26. The van der Waals surface area contributed by atoms with Gasteiger partial charge < -0.3 is 10.2 Å². The Labute approximate surface area is 128 Å². The van der Waals surface area contributed by atoms with E-state index in [1.54, 1.807) is 17.2 Å². The molecule has 1 aromatic carbocycles. The topological polar surface area (TPSA) is 58.9 Å². The molecule has 1 fully saturated rings. The van der Waals surface area contributed by atoms with Crippen LogP contribution in [0.5, 0.6) is 0 Å². The number of nitrogens with zero attached hydrogens (tertiary/aromatic N) is 5. The first-order chi connectivity index (χ1) is 10.8. The van der Waals surface area contributed by atoms with E-state index in [-0.39, 0.29) is 0 Å². The number of hydrogen-bond acceptors (Lipinski definition) is 5. The van der Waals surface area contributed by atoms with Crippen LogP contribution in [0.15, 0.2) is 36.8 Å². The van der Waals surface area contributed by atoms with Crippen LogP contribution in [0.1, 0.15) is 12.8 Å². The van der Waals surface area contributed by atoms with Gasteiger partial charge in [-0.2, -0.15) is 5.10 Å². The van der Waals surface area contributed by atoms with E-state index in [9.17, 15) is 0 Å². The third-order valence-electron chi connectivity index (χ3n) is 4.11. The van der Waals surface area contributed by atoms with E-state index >= 15 is 0 Å². The molecule has 0 unspecified atom stereocenters. The minimum atomic E-state index is 0.789. The summed E-state index contributed by atoms with van der Waals surface area (Å²) in [6.07, 6.45) is 5.92. The number of fused-ring (bicyclic) bond motifs is 1. The monoisotopic (exact) mass is 294 g/mol. The van der Waals surface area contributed by atoms with Crippen molar-refractivity contribution >= 4 is 28.2 Å². The molecule has 2 aromatic heterocycles. The second-order valence-electron chi connectivity index (χ2n) is 5.60. The van der Waals surface area contributed by atoms with Gasteiger partial charge in [0, 0.05) is 31.5 Å². The summed E-state index contributed by atoms with van der Waals surface area (Å²) in [5.41, 5.74) is 3.13. The number of hydrogen-bond donors (Lipinski definition) is 1. The lowest BCUT2D eigenvalue weighted by molar-refractivity contribution is 0.785. The summed E-state index contributed by atoms with van der Waals surface area (Å²) >= 11 is 0. The summed E-state index contributed by atoms with van der Waals surface area (Å²) in [5.74, 6) is 0.789. The Hall–Kier alpha value is -2.63. The van der Waals surface area contributed by atoms with Crippen LogP contribution >= 0.6 is 0 Å². The predicted molar refractivity (Wildman–Crippen MR) is 87.5 cm³/mol. The van der Waals surface area contributed by atoms with Gasteiger partial charge in [0.15, 0.2) is 5.65 Å². The van der Waals surface area contributed by atoms with Gasteiger partial charge in [-0.15, -0.1) is 0 Å². The highest BCUT2D eigenvalue weighted by Gasteiger charge is 2.13. The van der Waals surface area contributed by atoms with Crippen molar-refractivity contribution in [3.8, 4) is 0 Å². The molecule has 22 heavy (non-hydrogen) atoms. The second kappa shape index (κ2) is 5.29. The molecule has 0 spiro atoms. The molecule has 1 N–H and O–H groups in total. The van der Waals surface area contributed by atoms with Crippen molar-refractivity contribution in [3.05, 3.63) is 36.8 Å². The van der Waals surface area contributed by atoms with Gasteiger partial charge in [0.25, 0.3) is 0 Å². The van der Waals surface area contributed by atoms with E-state index in [1.807, 2.05) is 7.05 Å². The van der Waals surface area contributed by atoms with Crippen LogP contribution < -0.4 is 10.2 Å². The molecule has 6 nitrogen and oxygen atoms in total. The van der Waals surface area contributed by atoms with Gasteiger partial charge in [-0.3, -0.25) is 4.68 Å². The largest absolute Gasteiger partial charge is 0.371 e. The molecule has 1 aliphatic heterocycles. The summed E-state index contributed by atoms with van der Waals surface area (Å²) < 4.78 is 1.75. The molecule has 6 heteroatoms. The Morgan fingerprint density at radius 1 is 1.14 bits per heavy atom. The summed E-state index contributed by atoms with van der Waals surface area (Å²) in [5, 5.41) is 8.56. The maximum Gasteiger partial charge on any atom is 0.163 e. The van der Waals surface area contributed by atoms with Crippen LogP contribution in [0.4, 0.5) is 17.2 Å². The molecular weight excluding hydrogens is 276 g/mol. The van der Waals surface area contributed by atoms with Crippen molar-refractivity contribution in [2.75, 3.05) is 23.3 Å². The Bertz CT molecular complexity index is 803. The fourth-order valence-corrected chi connectivity index (χ4v) is 2.95. The van der Waals surface area contributed by atoms with Crippen molar-refractivity contribution in [1.82, 2.24) is 19.7 Å². The molecule has 0 aliphatic carbocycles. The van der Waals surface area contributed by atoms with Crippen molar-refractivity contribution in [2.45, 2.75) is 12.8 Å². The molecule has 1 aliphatic rings. The fourth-order valence-electron chi connectivity index (χ4n) is 2.95. The molecular formula is C16H18N6. The minimum Gasteiger partial charge on any atom is -0.371 e. The number of nitrogens with one attached hydrogen (secondary N) is 1. The standard InChI is InChI=1S/C16H18N6/c1-21-16-14(10-19-21)15(17-11-18-16)20-12-5-4-6-13(9-12)22-7-2-3-8-22/h4-6,9-11H,2-3,7-8H2,1H3,(H,17,18,20). The maximum absolute atomic E-state index is 4.35. The first-order valence-electron chi connectivity index (χ1n) is 7.56. The first-order valence-corrected chi connectivity index (χ1v) is 7.56. The maximum atomic E-state index is 4.35. The van der Waals surface area contributed by atoms with Crippen LogP contribution in [-0.4, -0.2) is 32.8 Å². The Kier molecular flexibility index (Phi) is 3.14. The van der Waals surface area contributed by atoms with Crippen LogP contribution in [0, 0.1) is 0 Å². The fraction of sp³-hybridized carbons (Fsp3) is 0.312. The van der Waals surface area contributed by atoms with Gasteiger partial charge in [0.1, 0.15) is 12.1 Å². The number of rotatable bonds is 3. The minimum absolute atomic E-state index is 0.789. The molecule has 0 saturated carbocycles. The van der Waals surface area contributed by atoms with Crippen molar-refractivity contribution in [2.24, 2.45) is 7.05 Å². The Morgan fingerprint density at radius 2 is 2.00 bits per heavy atom. The van der Waals surface area contributed by atoms with Gasteiger partial charge in [0.05, 0.1) is 11.6 Å². The first kappa shape index (κ1) is 13.1. The van der Waals surface area contributed by atoms with Gasteiger partial charge in [-0.05, 0) is 31.0 Å². The lowest BCUT2D eigenvalue weighted by Gasteiger charge is -2.18. The summed E-state index contributed by atoms with van der Waals surface area (Å²) in [6, 6.07) is 8.48. The van der Waals surface area contributed by atoms with E-state index in [1.165, 1.54) is 18.5 Å². The zero-order valence-electron chi connectivity index (χ0n) is 12.5.